The molecule has 0 saturated heterocycles. The van der Waals surface area contributed by atoms with E-state index in [1.54, 1.807) is 7.11 Å². The second-order valence-electron chi connectivity index (χ2n) is 4.42. The third-order valence-corrected chi connectivity index (χ3v) is 3.72. The Bertz CT molecular complexity index is 555. The summed E-state index contributed by atoms with van der Waals surface area (Å²) in [5.74, 6) is 1.72. The van der Waals surface area contributed by atoms with E-state index < -0.39 is 0 Å². The number of methoxy groups -OCH3 is 1. The van der Waals surface area contributed by atoms with E-state index in [0.29, 0.717) is 6.61 Å². The molecular weight excluding hydrogens is 318 g/mol. The fraction of sp³-hybridized carbons (Fsp3) is 0.250. The monoisotopic (exact) mass is 335 g/mol. The zero-order valence-corrected chi connectivity index (χ0v) is 13.2. The van der Waals surface area contributed by atoms with Crippen molar-refractivity contribution in [2.45, 2.75) is 13.2 Å². The molecule has 1 N–H and O–H groups in total. The van der Waals surface area contributed by atoms with Crippen LogP contribution >= 0.6 is 15.9 Å². The summed E-state index contributed by atoms with van der Waals surface area (Å²) in [6, 6.07) is 13.9. The number of hydrogen-bond acceptors (Lipinski definition) is 3. The Morgan fingerprint density at radius 3 is 2.40 bits per heavy atom. The summed E-state index contributed by atoms with van der Waals surface area (Å²) in [4.78, 5) is 0. The van der Waals surface area contributed by atoms with Crippen molar-refractivity contribution in [1.29, 1.82) is 0 Å². The zero-order chi connectivity index (χ0) is 14.4. The average Bonchev–Trinajstić information content (AvgIpc) is 2.49. The fourth-order valence-corrected chi connectivity index (χ4v) is 2.24. The van der Waals surface area contributed by atoms with Crippen molar-refractivity contribution in [3.8, 4) is 11.5 Å². The molecule has 0 unspecified atom stereocenters. The molecule has 0 aliphatic heterocycles. The first kappa shape index (κ1) is 14.9. The van der Waals surface area contributed by atoms with Gasteiger partial charge in [-0.2, -0.15) is 0 Å². The number of benzene rings is 2. The van der Waals surface area contributed by atoms with Crippen LogP contribution < -0.4 is 14.8 Å². The maximum absolute atomic E-state index is 5.82. The van der Waals surface area contributed by atoms with Crippen molar-refractivity contribution in [3.63, 3.8) is 0 Å². The van der Waals surface area contributed by atoms with E-state index in [2.05, 4.69) is 21.2 Å². The molecular formula is C16H18BrNO2. The van der Waals surface area contributed by atoms with E-state index in [9.17, 15) is 0 Å². The third-order valence-electron chi connectivity index (χ3n) is 2.95. The Morgan fingerprint density at radius 1 is 1.05 bits per heavy atom. The lowest BCUT2D eigenvalue weighted by Crippen LogP contribution is -2.06. The number of rotatable bonds is 6. The van der Waals surface area contributed by atoms with E-state index in [1.165, 1.54) is 5.56 Å². The van der Waals surface area contributed by atoms with Crippen molar-refractivity contribution in [2.24, 2.45) is 0 Å². The van der Waals surface area contributed by atoms with E-state index in [4.69, 9.17) is 9.47 Å². The normalized spacial score (nSPS) is 10.3. The summed E-state index contributed by atoms with van der Waals surface area (Å²) in [7, 11) is 3.59. The van der Waals surface area contributed by atoms with Crippen molar-refractivity contribution in [3.05, 3.63) is 58.1 Å². The van der Waals surface area contributed by atoms with Crippen molar-refractivity contribution in [1.82, 2.24) is 5.32 Å². The number of nitrogens with one attached hydrogen (secondary N) is 1. The summed E-state index contributed by atoms with van der Waals surface area (Å²) in [6.45, 7) is 1.35. The van der Waals surface area contributed by atoms with Crippen LogP contribution in [0.4, 0.5) is 0 Å². The molecule has 2 rings (SSSR count). The first-order valence-corrected chi connectivity index (χ1v) is 7.21. The smallest absolute Gasteiger partial charge is 0.120 e. The van der Waals surface area contributed by atoms with Crippen LogP contribution in [0.5, 0.6) is 11.5 Å². The van der Waals surface area contributed by atoms with Gasteiger partial charge >= 0.3 is 0 Å². The molecule has 2 aromatic carbocycles. The van der Waals surface area contributed by atoms with Crippen LogP contribution in [-0.2, 0) is 13.2 Å². The van der Waals surface area contributed by atoms with Gasteiger partial charge in [-0.15, -0.1) is 0 Å². The van der Waals surface area contributed by atoms with Crippen LogP contribution in [0.1, 0.15) is 11.1 Å². The highest BCUT2D eigenvalue weighted by Gasteiger charge is 2.02. The van der Waals surface area contributed by atoms with E-state index in [1.807, 2.05) is 49.5 Å². The Morgan fingerprint density at radius 2 is 1.75 bits per heavy atom. The van der Waals surface area contributed by atoms with Gasteiger partial charge in [-0.1, -0.05) is 28.1 Å². The molecule has 0 atom stereocenters. The molecule has 20 heavy (non-hydrogen) atoms. The molecule has 0 fully saturated rings. The fourth-order valence-electron chi connectivity index (χ4n) is 1.86. The summed E-state index contributed by atoms with van der Waals surface area (Å²) >= 11 is 3.53. The van der Waals surface area contributed by atoms with Crippen LogP contribution in [0, 0.1) is 0 Å². The molecule has 0 aliphatic carbocycles. The topological polar surface area (TPSA) is 30.5 Å². The molecule has 0 heterocycles. The van der Waals surface area contributed by atoms with E-state index >= 15 is 0 Å². The third kappa shape index (κ3) is 3.99. The zero-order valence-electron chi connectivity index (χ0n) is 11.7. The van der Waals surface area contributed by atoms with E-state index in [-0.39, 0.29) is 0 Å². The Balaban J connectivity index is 2.00. The minimum Gasteiger partial charge on any atom is -0.497 e. The standard InChI is InChI=1S/C16H18BrNO2/c1-18-10-13-9-15(7-8-16(13)17)20-11-12-3-5-14(19-2)6-4-12/h3-9,18H,10-11H2,1-2H3. The van der Waals surface area contributed by atoms with Crippen LogP contribution in [-0.4, -0.2) is 14.2 Å². The second-order valence-corrected chi connectivity index (χ2v) is 5.27. The Kier molecular flexibility index (Phi) is 5.44. The average molecular weight is 336 g/mol. The highest BCUT2D eigenvalue weighted by atomic mass is 79.9. The quantitative estimate of drug-likeness (QED) is 0.871. The molecule has 0 saturated carbocycles. The van der Waals surface area contributed by atoms with Gasteiger partial charge in [0.2, 0.25) is 0 Å². The van der Waals surface area contributed by atoms with Gasteiger partial charge in [-0.05, 0) is 48.5 Å². The Hall–Kier alpha value is -1.52. The molecule has 0 aliphatic rings. The summed E-state index contributed by atoms with van der Waals surface area (Å²) in [6.07, 6.45) is 0. The molecule has 3 nitrogen and oxygen atoms in total. The molecule has 0 amide bonds. The SMILES string of the molecule is CNCc1cc(OCc2ccc(OC)cc2)ccc1Br. The minimum atomic E-state index is 0.546. The summed E-state index contributed by atoms with van der Waals surface area (Å²) in [5.41, 5.74) is 2.30. The van der Waals surface area contributed by atoms with Crippen LogP contribution in [0.25, 0.3) is 0 Å². The lowest BCUT2D eigenvalue weighted by molar-refractivity contribution is 0.305. The second kappa shape index (κ2) is 7.31. The minimum absolute atomic E-state index is 0.546. The molecule has 2 aromatic rings. The van der Waals surface area contributed by atoms with Gasteiger partial charge in [0, 0.05) is 11.0 Å². The van der Waals surface area contributed by atoms with Gasteiger partial charge < -0.3 is 14.8 Å². The molecule has 0 aromatic heterocycles. The predicted octanol–water partition coefficient (Wildman–Crippen LogP) is 3.76. The van der Waals surface area contributed by atoms with Crippen LogP contribution in [0.3, 0.4) is 0 Å². The lowest BCUT2D eigenvalue weighted by atomic mass is 10.2. The van der Waals surface area contributed by atoms with Crippen molar-refractivity contribution >= 4 is 15.9 Å². The molecule has 0 bridgehead atoms. The summed E-state index contributed by atoms with van der Waals surface area (Å²) < 4.78 is 12.0. The maximum atomic E-state index is 5.82. The molecule has 106 valence electrons. The van der Waals surface area contributed by atoms with Crippen LogP contribution in [0.2, 0.25) is 0 Å². The number of halogens is 1. The van der Waals surface area contributed by atoms with Gasteiger partial charge in [0.25, 0.3) is 0 Å². The summed E-state index contributed by atoms with van der Waals surface area (Å²) in [5, 5.41) is 3.14. The highest BCUT2D eigenvalue weighted by Crippen LogP contribution is 2.23. The molecule has 4 heteroatoms. The first-order valence-electron chi connectivity index (χ1n) is 6.41. The van der Waals surface area contributed by atoms with Gasteiger partial charge in [-0.3, -0.25) is 0 Å². The highest BCUT2D eigenvalue weighted by molar-refractivity contribution is 9.10. The number of hydrogen-bond donors (Lipinski definition) is 1. The lowest BCUT2D eigenvalue weighted by Gasteiger charge is -2.10. The van der Waals surface area contributed by atoms with E-state index in [0.717, 1.165) is 28.1 Å². The maximum Gasteiger partial charge on any atom is 0.120 e. The largest absolute Gasteiger partial charge is 0.497 e. The Labute approximate surface area is 128 Å². The first-order chi connectivity index (χ1) is 9.72. The molecule has 0 radical (unpaired) electrons. The predicted molar refractivity (Wildman–Crippen MR) is 84.2 cm³/mol. The number of ether oxygens (including phenoxy) is 2. The van der Waals surface area contributed by atoms with Crippen LogP contribution in [0.15, 0.2) is 46.9 Å². The van der Waals surface area contributed by atoms with Gasteiger partial charge in [0.15, 0.2) is 0 Å². The van der Waals surface area contributed by atoms with Gasteiger partial charge in [0.1, 0.15) is 18.1 Å². The van der Waals surface area contributed by atoms with Crippen molar-refractivity contribution < 1.29 is 9.47 Å². The van der Waals surface area contributed by atoms with Gasteiger partial charge in [0.05, 0.1) is 7.11 Å². The van der Waals surface area contributed by atoms with Gasteiger partial charge in [-0.25, -0.2) is 0 Å². The van der Waals surface area contributed by atoms with Crippen molar-refractivity contribution in [2.75, 3.05) is 14.2 Å². The molecule has 0 spiro atoms.